The molecule has 190 valence electrons. The highest BCUT2D eigenvalue weighted by atomic mass is 16.5. The molecule has 0 aromatic heterocycles. The second-order valence-corrected chi connectivity index (χ2v) is 9.92. The van der Waals surface area contributed by atoms with Gasteiger partial charge in [-0.2, -0.15) is 0 Å². The Morgan fingerprint density at radius 3 is 2.26 bits per heavy atom. The van der Waals surface area contributed by atoms with Crippen molar-refractivity contribution in [2.24, 2.45) is 11.7 Å². The van der Waals surface area contributed by atoms with Crippen LogP contribution in [0.5, 0.6) is 5.75 Å². The Labute approximate surface area is 209 Å². The van der Waals surface area contributed by atoms with Gasteiger partial charge in [0.05, 0.1) is 18.2 Å². The van der Waals surface area contributed by atoms with E-state index in [2.05, 4.69) is 5.32 Å². The predicted octanol–water partition coefficient (Wildman–Crippen LogP) is 3.30. The molecule has 0 spiro atoms. The average Bonchev–Trinajstić information content (AvgIpc) is 2.82. The molecule has 1 heterocycles. The molecule has 35 heavy (non-hydrogen) atoms. The maximum absolute atomic E-state index is 13.5. The second-order valence-electron chi connectivity index (χ2n) is 9.92. The van der Waals surface area contributed by atoms with Gasteiger partial charge in [-0.3, -0.25) is 9.59 Å². The van der Waals surface area contributed by atoms with Gasteiger partial charge in [0.25, 0.3) is 0 Å². The molecule has 0 radical (unpaired) electrons. The lowest BCUT2D eigenvalue weighted by Gasteiger charge is -2.37. The third kappa shape index (κ3) is 8.37. The van der Waals surface area contributed by atoms with Gasteiger partial charge in [-0.25, -0.2) is 0 Å². The summed E-state index contributed by atoms with van der Waals surface area (Å²) in [6, 6.07) is 16.3. The van der Waals surface area contributed by atoms with Crippen LogP contribution in [-0.2, 0) is 27.4 Å². The number of hydrogen-bond donors (Lipinski definition) is 2. The smallest absolute Gasteiger partial charge is 0.245 e. The zero-order valence-electron chi connectivity index (χ0n) is 21.3. The van der Waals surface area contributed by atoms with Gasteiger partial charge in [0.2, 0.25) is 11.8 Å². The molecule has 7 heteroatoms. The summed E-state index contributed by atoms with van der Waals surface area (Å²) in [6.07, 6.45) is 0.829. The number of morpholine rings is 1. The highest BCUT2D eigenvalue weighted by Crippen LogP contribution is 2.18. The van der Waals surface area contributed by atoms with Crippen LogP contribution >= 0.6 is 0 Å². The van der Waals surface area contributed by atoms with Gasteiger partial charge < -0.3 is 25.4 Å². The van der Waals surface area contributed by atoms with Crippen LogP contribution in [0.25, 0.3) is 0 Å². The van der Waals surface area contributed by atoms with E-state index < -0.39 is 12.1 Å². The molecule has 0 aliphatic carbocycles. The lowest BCUT2D eigenvalue weighted by atomic mass is 10.0. The largest absolute Gasteiger partial charge is 0.489 e. The summed E-state index contributed by atoms with van der Waals surface area (Å²) in [5, 5.41) is 2.93. The zero-order chi connectivity index (χ0) is 25.4. The first kappa shape index (κ1) is 26.7. The highest BCUT2D eigenvalue weighted by Gasteiger charge is 2.32. The Morgan fingerprint density at radius 2 is 1.66 bits per heavy atom. The van der Waals surface area contributed by atoms with E-state index in [9.17, 15) is 9.59 Å². The summed E-state index contributed by atoms with van der Waals surface area (Å²) in [7, 11) is 0. The number of carbonyl (C=O) groups is 2. The van der Waals surface area contributed by atoms with Gasteiger partial charge in [0.1, 0.15) is 18.4 Å². The molecule has 2 aromatic rings. The first-order valence-electron chi connectivity index (χ1n) is 12.5. The highest BCUT2D eigenvalue weighted by molar-refractivity contribution is 5.90. The van der Waals surface area contributed by atoms with Gasteiger partial charge >= 0.3 is 0 Å². The maximum Gasteiger partial charge on any atom is 0.245 e. The Morgan fingerprint density at radius 1 is 1.03 bits per heavy atom. The van der Waals surface area contributed by atoms with E-state index in [-0.39, 0.29) is 29.9 Å². The van der Waals surface area contributed by atoms with Crippen LogP contribution in [0, 0.1) is 5.92 Å². The SMILES string of the molecule is CC(C)CC(N)C(=O)NC(Cc1ccc(OCc2ccccc2)cc1)C(=O)N1CC(C)OC(C)C1. The summed E-state index contributed by atoms with van der Waals surface area (Å²) in [5.41, 5.74) is 8.14. The number of hydrogen-bond acceptors (Lipinski definition) is 5. The number of amides is 2. The Balaban J connectivity index is 1.69. The van der Waals surface area contributed by atoms with Crippen LogP contribution < -0.4 is 15.8 Å². The maximum atomic E-state index is 13.5. The molecule has 3 N–H and O–H groups in total. The van der Waals surface area contributed by atoms with Crippen molar-refractivity contribution in [2.45, 2.75) is 71.4 Å². The van der Waals surface area contributed by atoms with Crippen molar-refractivity contribution in [1.82, 2.24) is 10.2 Å². The summed E-state index contributed by atoms with van der Waals surface area (Å²) >= 11 is 0. The van der Waals surface area contributed by atoms with E-state index in [1.165, 1.54) is 0 Å². The van der Waals surface area contributed by atoms with E-state index in [0.29, 0.717) is 32.5 Å². The number of ether oxygens (including phenoxy) is 2. The zero-order valence-corrected chi connectivity index (χ0v) is 21.3. The molecule has 4 atom stereocenters. The van der Waals surface area contributed by atoms with Crippen LogP contribution in [0.3, 0.4) is 0 Å². The normalized spacial score (nSPS) is 19.8. The fraction of sp³-hybridized carbons (Fsp3) is 0.500. The third-order valence-electron chi connectivity index (χ3n) is 6.02. The molecular formula is C28H39N3O4. The molecule has 1 aliphatic heterocycles. The van der Waals surface area contributed by atoms with E-state index in [1.54, 1.807) is 4.90 Å². The summed E-state index contributed by atoms with van der Waals surface area (Å²) in [4.78, 5) is 28.1. The van der Waals surface area contributed by atoms with Crippen molar-refractivity contribution >= 4 is 11.8 Å². The minimum absolute atomic E-state index is 0.0525. The van der Waals surface area contributed by atoms with Crippen molar-refractivity contribution in [2.75, 3.05) is 13.1 Å². The van der Waals surface area contributed by atoms with Crippen LogP contribution in [-0.4, -0.2) is 54.1 Å². The van der Waals surface area contributed by atoms with E-state index in [0.717, 1.165) is 16.9 Å². The number of nitrogens with two attached hydrogens (primary N) is 1. The quantitative estimate of drug-likeness (QED) is 0.543. The fourth-order valence-corrected chi connectivity index (χ4v) is 4.37. The minimum atomic E-state index is -0.700. The van der Waals surface area contributed by atoms with Crippen molar-refractivity contribution in [3.8, 4) is 5.75 Å². The van der Waals surface area contributed by atoms with Gasteiger partial charge in [-0.1, -0.05) is 56.3 Å². The minimum Gasteiger partial charge on any atom is -0.489 e. The summed E-state index contributed by atoms with van der Waals surface area (Å²) in [5.74, 6) is 0.629. The molecule has 7 nitrogen and oxygen atoms in total. The topological polar surface area (TPSA) is 93.9 Å². The number of nitrogens with one attached hydrogen (secondary N) is 1. The van der Waals surface area contributed by atoms with Gasteiger partial charge in [-0.15, -0.1) is 0 Å². The first-order valence-corrected chi connectivity index (χ1v) is 12.5. The summed E-state index contributed by atoms with van der Waals surface area (Å²) in [6.45, 7) is 9.44. The van der Waals surface area contributed by atoms with Crippen molar-refractivity contribution in [3.05, 3.63) is 65.7 Å². The number of benzene rings is 2. The van der Waals surface area contributed by atoms with Crippen molar-refractivity contribution in [3.63, 3.8) is 0 Å². The monoisotopic (exact) mass is 481 g/mol. The predicted molar refractivity (Wildman–Crippen MR) is 137 cm³/mol. The lowest BCUT2D eigenvalue weighted by Crippen LogP contribution is -2.57. The number of carbonyl (C=O) groups excluding carboxylic acids is 2. The molecule has 1 fully saturated rings. The second kappa shape index (κ2) is 12.7. The molecule has 1 aliphatic rings. The summed E-state index contributed by atoms with van der Waals surface area (Å²) < 4.78 is 11.7. The first-order chi connectivity index (χ1) is 16.7. The van der Waals surface area contributed by atoms with Gasteiger partial charge in [0, 0.05) is 19.5 Å². The van der Waals surface area contributed by atoms with Crippen LogP contribution in [0.4, 0.5) is 0 Å². The molecule has 3 rings (SSSR count). The van der Waals surface area contributed by atoms with Gasteiger partial charge in [0.15, 0.2) is 0 Å². The third-order valence-corrected chi connectivity index (χ3v) is 6.02. The van der Waals surface area contributed by atoms with E-state index in [4.69, 9.17) is 15.2 Å². The molecule has 0 saturated carbocycles. The lowest BCUT2D eigenvalue weighted by molar-refractivity contribution is -0.147. The molecule has 4 unspecified atom stereocenters. The van der Waals surface area contributed by atoms with Crippen LogP contribution in [0.1, 0.15) is 45.2 Å². The standard InChI is InChI=1S/C28H39N3O4/c1-19(2)14-25(29)27(32)30-26(28(33)31-16-20(3)35-21(4)17-31)15-22-10-12-24(13-11-22)34-18-23-8-6-5-7-9-23/h5-13,19-21,25-26H,14-18,29H2,1-4H3,(H,30,32). The Bertz CT molecular complexity index is 938. The van der Waals surface area contributed by atoms with Crippen LogP contribution in [0.2, 0.25) is 0 Å². The van der Waals surface area contributed by atoms with E-state index in [1.807, 2.05) is 82.3 Å². The van der Waals surface area contributed by atoms with Gasteiger partial charge in [-0.05, 0) is 49.4 Å². The Hall–Kier alpha value is -2.90. The van der Waals surface area contributed by atoms with Crippen LogP contribution in [0.15, 0.2) is 54.6 Å². The van der Waals surface area contributed by atoms with E-state index >= 15 is 0 Å². The molecule has 1 saturated heterocycles. The average molecular weight is 482 g/mol. The van der Waals surface area contributed by atoms with Crippen molar-refractivity contribution in [1.29, 1.82) is 0 Å². The fourth-order valence-electron chi connectivity index (χ4n) is 4.37. The number of nitrogens with zero attached hydrogens (tertiary/aromatic N) is 1. The number of rotatable bonds is 10. The molecule has 0 bridgehead atoms. The Kier molecular flexibility index (Phi) is 9.69. The molecule has 2 aromatic carbocycles. The molecule has 2 amide bonds. The molecular weight excluding hydrogens is 442 g/mol. The van der Waals surface area contributed by atoms with Crippen molar-refractivity contribution < 1.29 is 19.1 Å².